The van der Waals surface area contributed by atoms with Crippen molar-refractivity contribution in [3.63, 3.8) is 0 Å². The van der Waals surface area contributed by atoms with Gasteiger partial charge in [-0.3, -0.25) is 10.2 Å². The van der Waals surface area contributed by atoms with Gasteiger partial charge in [-0.25, -0.2) is 9.88 Å². The lowest BCUT2D eigenvalue weighted by Crippen LogP contribution is -2.27. The van der Waals surface area contributed by atoms with Gasteiger partial charge < -0.3 is 4.42 Å². The maximum atomic E-state index is 12.2. The van der Waals surface area contributed by atoms with E-state index in [4.69, 9.17) is 9.83 Å². The number of anilines is 1. The average Bonchev–Trinajstić information content (AvgIpc) is 3.03. The summed E-state index contributed by atoms with van der Waals surface area (Å²) >= 11 is 2.43. The van der Waals surface area contributed by atoms with Crippen molar-refractivity contribution in [1.29, 1.82) is 5.41 Å². The van der Waals surface area contributed by atoms with E-state index in [0.717, 1.165) is 11.8 Å². The van der Waals surface area contributed by atoms with E-state index in [1.165, 1.54) is 16.2 Å². The zero-order valence-corrected chi connectivity index (χ0v) is 10.6. The number of amides is 1. The molecule has 3 heterocycles. The van der Waals surface area contributed by atoms with E-state index in [2.05, 4.69) is 4.98 Å². The van der Waals surface area contributed by atoms with E-state index in [1.54, 1.807) is 36.0 Å². The van der Waals surface area contributed by atoms with Crippen LogP contribution in [0.5, 0.6) is 0 Å². The molecule has 0 aromatic carbocycles. The molecule has 2 aromatic heterocycles. The van der Waals surface area contributed by atoms with Crippen molar-refractivity contribution in [1.82, 2.24) is 4.98 Å². The fraction of sp³-hybridized carbons (Fsp3) is 0.0833. The van der Waals surface area contributed by atoms with Gasteiger partial charge in [0.25, 0.3) is 5.91 Å². The Morgan fingerprint density at radius 2 is 2.32 bits per heavy atom. The van der Waals surface area contributed by atoms with Crippen LogP contribution in [0.2, 0.25) is 0 Å². The van der Waals surface area contributed by atoms with Crippen LogP contribution in [0.4, 0.5) is 5.13 Å². The quantitative estimate of drug-likeness (QED) is 0.861. The third-order valence-corrected chi connectivity index (χ3v) is 3.90. The van der Waals surface area contributed by atoms with Crippen molar-refractivity contribution < 1.29 is 9.21 Å². The smallest absolute Gasteiger partial charge is 0.273 e. The molecule has 0 unspecified atom stereocenters. The molecule has 2 aromatic rings. The van der Waals surface area contributed by atoms with Crippen molar-refractivity contribution >= 4 is 45.4 Å². The monoisotopic (exact) mass is 293 g/mol. The maximum Gasteiger partial charge on any atom is 0.273 e. The molecule has 1 aliphatic rings. The fourth-order valence-corrected chi connectivity index (χ4v) is 3.01. The Morgan fingerprint density at radius 3 is 2.95 bits per heavy atom. The Bertz CT molecular complexity index is 617. The van der Waals surface area contributed by atoms with Gasteiger partial charge in [-0.05, 0) is 23.9 Å². The topological polar surface area (TPSA) is 70.2 Å². The Kier molecular flexibility index (Phi) is 3.87. The van der Waals surface area contributed by atoms with Gasteiger partial charge >= 0.3 is 0 Å². The van der Waals surface area contributed by atoms with E-state index >= 15 is 0 Å². The number of nitrogens with one attached hydrogen (secondary N) is 1. The molecule has 1 saturated heterocycles. The predicted octanol–water partition coefficient (Wildman–Crippen LogP) is 3.43. The lowest BCUT2D eigenvalue weighted by Gasteiger charge is -2.08. The molecule has 0 spiro atoms. The number of furan rings is 1. The average molecular weight is 293 g/mol. The van der Waals surface area contributed by atoms with Crippen molar-refractivity contribution in [2.24, 2.45) is 0 Å². The van der Waals surface area contributed by atoms with Gasteiger partial charge in [0.15, 0.2) is 10.3 Å². The van der Waals surface area contributed by atoms with Crippen molar-refractivity contribution in [3.8, 4) is 0 Å². The standard InChI is InChI=1S/C11H7N3O2S2.CH4/c12-10-14(11-13-3-5-17-11)9(15)8(18-10)6-7-2-1-4-16-7;/h1-6,12H;1H4/b8-6+,12-10?;. The molecule has 98 valence electrons. The van der Waals surface area contributed by atoms with Gasteiger partial charge in [-0.1, -0.05) is 7.43 Å². The molecule has 5 nitrogen and oxygen atoms in total. The first-order valence-electron chi connectivity index (χ1n) is 5.01. The molecule has 0 bridgehead atoms. The van der Waals surface area contributed by atoms with Gasteiger partial charge in [0.05, 0.1) is 11.2 Å². The van der Waals surface area contributed by atoms with Crippen LogP contribution in [-0.2, 0) is 4.79 Å². The Balaban J connectivity index is 0.00000133. The van der Waals surface area contributed by atoms with Crippen molar-refractivity contribution in [2.75, 3.05) is 4.90 Å². The summed E-state index contributed by atoms with van der Waals surface area (Å²) < 4.78 is 5.16. The SMILES string of the molecule is C.N=C1S/C(=C/c2ccco2)C(=O)N1c1nccs1. The van der Waals surface area contributed by atoms with Gasteiger partial charge in [0, 0.05) is 17.7 Å². The molecule has 0 radical (unpaired) electrons. The highest BCUT2D eigenvalue weighted by molar-refractivity contribution is 8.19. The third-order valence-electron chi connectivity index (χ3n) is 2.25. The summed E-state index contributed by atoms with van der Waals surface area (Å²) in [5.41, 5.74) is 0. The molecular weight excluding hydrogens is 282 g/mol. The fourth-order valence-electron chi connectivity index (χ4n) is 1.49. The molecule has 7 heteroatoms. The Labute approximate surface area is 118 Å². The van der Waals surface area contributed by atoms with E-state index < -0.39 is 0 Å². The molecule has 0 saturated carbocycles. The highest BCUT2D eigenvalue weighted by atomic mass is 32.2. The first-order chi connectivity index (χ1) is 8.75. The molecule has 1 amide bonds. The number of thioether (sulfide) groups is 1. The van der Waals surface area contributed by atoms with Crippen LogP contribution in [0, 0.1) is 5.41 Å². The van der Waals surface area contributed by atoms with Crippen LogP contribution in [0.25, 0.3) is 6.08 Å². The van der Waals surface area contributed by atoms with Crippen LogP contribution >= 0.6 is 23.1 Å². The minimum Gasteiger partial charge on any atom is -0.465 e. The van der Waals surface area contributed by atoms with Crippen LogP contribution < -0.4 is 4.90 Å². The number of carbonyl (C=O) groups excluding carboxylic acids is 1. The summed E-state index contributed by atoms with van der Waals surface area (Å²) in [6.07, 6.45) is 4.79. The third kappa shape index (κ3) is 2.47. The molecule has 1 N–H and O–H groups in total. The van der Waals surface area contributed by atoms with Gasteiger partial charge in [-0.15, -0.1) is 11.3 Å². The van der Waals surface area contributed by atoms with Crippen molar-refractivity contribution in [2.45, 2.75) is 7.43 Å². The summed E-state index contributed by atoms with van der Waals surface area (Å²) in [5, 5.41) is 10.3. The highest BCUT2D eigenvalue weighted by Gasteiger charge is 2.35. The second-order valence-electron chi connectivity index (χ2n) is 3.39. The number of hydrogen-bond acceptors (Lipinski definition) is 6. The summed E-state index contributed by atoms with van der Waals surface area (Å²) in [5.74, 6) is 0.357. The predicted molar refractivity (Wildman–Crippen MR) is 78.3 cm³/mol. The van der Waals surface area contributed by atoms with E-state index in [9.17, 15) is 4.79 Å². The number of carbonyl (C=O) groups is 1. The number of nitrogens with zero attached hydrogens (tertiary/aromatic N) is 2. The Morgan fingerprint density at radius 1 is 1.47 bits per heavy atom. The molecular formula is C12H11N3O2S2. The zero-order chi connectivity index (χ0) is 12.5. The van der Waals surface area contributed by atoms with Crippen LogP contribution in [0.1, 0.15) is 13.2 Å². The number of aromatic nitrogens is 1. The van der Waals surface area contributed by atoms with Crippen LogP contribution in [-0.4, -0.2) is 16.1 Å². The number of hydrogen-bond donors (Lipinski definition) is 1. The van der Waals surface area contributed by atoms with Crippen LogP contribution in [0.3, 0.4) is 0 Å². The summed E-state index contributed by atoms with van der Waals surface area (Å²) in [4.78, 5) is 18.0. The summed E-state index contributed by atoms with van der Waals surface area (Å²) in [6.45, 7) is 0. The molecule has 19 heavy (non-hydrogen) atoms. The first kappa shape index (κ1) is 13.6. The largest absolute Gasteiger partial charge is 0.465 e. The molecule has 0 atom stereocenters. The second-order valence-corrected chi connectivity index (χ2v) is 5.29. The summed E-state index contributed by atoms with van der Waals surface area (Å²) in [7, 11) is 0. The lowest BCUT2D eigenvalue weighted by molar-refractivity contribution is -0.113. The normalized spacial score (nSPS) is 17.1. The molecule has 0 aliphatic carbocycles. The molecule has 3 rings (SSSR count). The van der Waals surface area contributed by atoms with E-state index in [-0.39, 0.29) is 18.5 Å². The number of amidine groups is 1. The van der Waals surface area contributed by atoms with Gasteiger partial charge in [0.2, 0.25) is 0 Å². The van der Waals surface area contributed by atoms with Crippen molar-refractivity contribution in [3.05, 3.63) is 40.6 Å². The number of thiazole rings is 1. The zero-order valence-electron chi connectivity index (χ0n) is 8.99. The number of rotatable bonds is 2. The lowest BCUT2D eigenvalue weighted by atomic mass is 10.3. The minimum absolute atomic E-state index is 0. The molecule has 1 aliphatic heterocycles. The first-order valence-corrected chi connectivity index (χ1v) is 6.71. The van der Waals surface area contributed by atoms with Gasteiger partial charge in [-0.2, -0.15) is 0 Å². The highest BCUT2D eigenvalue weighted by Crippen LogP contribution is 2.35. The van der Waals surface area contributed by atoms with E-state index in [0.29, 0.717) is 15.8 Å². The van der Waals surface area contributed by atoms with Gasteiger partial charge in [0.1, 0.15) is 5.76 Å². The Hall–Kier alpha value is -1.86. The molecule has 1 fully saturated rings. The minimum atomic E-state index is -0.239. The summed E-state index contributed by atoms with van der Waals surface area (Å²) in [6, 6.07) is 3.51. The van der Waals surface area contributed by atoms with Crippen LogP contribution in [0.15, 0.2) is 39.3 Å². The second kappa shape index (κ2) is 5.41. The maximum absolute atomic E-state index is 12.2. The van der Waals surface area contributed by atoms with E-state index in [1.807, 2.05) is 0 Å².